The number of hydrogen-bond acceptors (Lipinski definition) is 6. The number of piperidine rings is 1. The summed E-state index contributed by atoms with van der Waals surface area (Å²) in [5, 5.41) is 6.55. The van der Waals surface area contributed by atoms with Crippen LogP contribution < -0.4 is 15.9 Å². The summed E-state index contributed by atoms with van der Waals surface area (Å²) in [6.07, 6.45) is 6.27. The molecule has 2 aliphatic rings. The van der Waals surface area contributed by atoms with Crippen LogP contribution in [0.25, 0.3) is 0 Å². The smallest absolute Gasteiger partial charge is 0.242 e. The fourth-order valence-corrected chi connectivity index (χ4v) is 4.88. The number of nitrogens with two attached hydrogens (primary N) is 1. The van der Waals surface area contributed by atoms with Gasteiger partial charge in [-0.1, -0.05) is 13.8 Å². The summed E-state index contributed by atoms with van der Waals surface area (Å²) >= 11 is 0. The highest BCUT2D eigenvalue weighted by Crippen LogP contribution is 2.21. The minimum Gasteiger partial charge on any atom is -0.361 e. The van der Waals surface area contributed by atoms with E-state index in [9.17, 15) is 18.0 Å². The monoisotopic (exact) mass is 444 g/mol. The molecule has 0 aromatic carbocycles. The van der Waals surface area contributed by atoms with Crippen molar-refractivity contribution in [2.24, 2.45) is 22.8 Å². The second kappa shape index (κ2) is 10.9. The first-order valence-electron chi connectivity index (χ1n) is 10.6. The molecule has 11 heteroatoms. The van der Waals surface area contributed by atoms with E-state index in [0.717, 1.165) is 38.6 Å². The Morgan fingerprint density at radius 3 is 2.43 bits per heavy atom. The molecule has 10 nitrogen and oxygen atoms in total. The van der Waals surface area contributed by atoms with Crippen LogP contribution in [0.1, 0.15) is 46.0 Å². The largest absolute Gasteiger partial charge is 0.361 e. The van der Waals surface area contributed by atoms with E-state index in [4.69, 9.17) is 5.84 Å². The Kier molecular flexibility index (Phi) is 8.90. The van der Waals surface area contributed by atoms with Crippen LogP contribution in [0.15, 0.2) is 5.10 Å². The molecule has 2 saturated heterocycles. The van der Waals surface area contributed by atoms with Gasteiger partial charge >= 0.3 is 0 Å². The van der Waals surface area contributed by atoms with Gasteiger partial charge in [0.15, 0.2) is 0 Å². The van der Waals surface area contributed by atoms with E-state index in [2.05, 4.69) is 20.0 Å². The molecular formula is C19H36N6O4S. The molecule has 0 unspecified atom stereocenters. The summed E-state index contributed by atoms with van der Waals surface area (Å²) < 4.78 is 25.9. The molecule has 0 aromatic rings. The topological polar surface area (TPSA) is 137 Å². The lowest BCUT2D eigenvalue weighted by Gasteiger charge is -2.32. The number of carbonyl (C=O) groups excluding carboxylic acids is 2. The van der Waals surface area contributed by atoms with Crippen molar-refractivity contribution in [1.29, 1.82) is 0 Å². The fourth-order valence-electron chi connectivity index (χ4n) is 4.16. The average molecular weight is 445 g/mol. The van der Waals surface area contributed by atoms with Crippen molar-refractivity contribution in [1.82, 2.24) is 19.8 Å². The quantitative estimate of drug-likeness (QED) is 0.193. The molecule has 2 atom stereocenters. The summed E-state index contributed by atoms with van der Waals surface area (Å²) in [6.45, 7) is 6.61. The standard InChI is InChI=1S/C19H36N6O4S/c1-14(2)11-16(23-30(3,28)29)19(27)25-8-4-5-17(25)18(26)21-12-15-6-9-24(10-7-15)13-22-20/h13-17,23H,4-12,20H2,1-3H3,(H,21,26)/t16-,17+/m1/s1. The number of likely N-dealkylation sites (tertiary alicyclic amines) is 2. The summed E-state index contributed by atoms with van der Waals surface area (Å²) in [7, 11) is -3.53. The van der Waals surface area contributed by atoms with Crippen molar-refractivity contribution < 1.29 is 18.0 Å². The lowest BCUT2D eigenvalue weighted by Crippen LogP contribution is -2.54. The molecule has 0 saturated carbocycles. The SMILES string of the molecule is CC(C)C[C@@H](NS(C)(=O)=O)C(=O)N1CCC[C@H]1C(=O)NCC1CCN(C=NN)CC1. The number of hydrazone groups is 1. The van der Waals surface area contributed by atoms with E-state index >= 15 is 0 Å². The molecule has 4 N–H and O–H groups in total. The van der Waals surface area contributed by atoms with Gasteiger partial charge in [0.05, 0.1) is 6.26 Å². The number of rotatable bonds is 9. The van der Waals surface area contributed by atoms with Gasteiger partial charge in [-0.05, 0) is 43.9 Å². The zero-order chi connectivity index (χ0) is 22.3. The van der Waals surface area contributed by atoms with Gasteiger partial charge in [0.1, 0.15) is 18.4 Å². The molecule has 0 radical (unpaired) electrons. The van der Waals surface area contributed by atoms with Crippen molar-refractivity contribution >= 4 is 28.2 Å². The van der Waals surface area contributed by atoms with Crippen LogP contribution in [0.3, 0.4) is 0 Å². The first kappa shape index (κ1) is 24.4. The second-order valence-electron chi connectivity index (χ2n) is 8.75. The molecular weight excluding hydrogens is 408 g/mol. The Labute approximate surface area is 179 Å². The van der Waals surface area contributed by atoms with E-state index in [1.165, 1.54) is 0 Å². The molecule has 2 fully saturated rings. The van der Waals surface area contributed by atoms with E-state index < -0.39 is 22.1 Å². The van der Waals surface area contributed by atoms with Gasteiger partial charge in [0.25, 0.3) is 0 Å². The number of sulfonamides is 1. The van der Waals surface area contributed by atoms with Crippen LogP contribution in [-0.4, -0.2) is 80.9 Å². The third-order valence-electron chi connectivity index (χ3n) is 5.64. The van der Waals surface area contributed by atoms with Crippen LogP contribution in [-0.2, 0) is 19.6 Å². The fraction of sp³-hybridized carbons (Fsp3) is 0.842. The maximum Gasteiger partial charge on any atom is 0.242 e. The van der Waals surface area contributed by atoms with Crippen LogP contribution >= 0.6 is 0 Å². The first-order chi connectivity index (χ1) is 14.1. The van der Waals surface area contributed by atoms with E-state index in [-0.39, 0.29) is 17.7 Å². The Hall–Kier alpha value is -1.88. The van der Waals surface area contributed by atoms with Crippen LogP contribution in [0.4, 0.5) is 0 Å². The zero-order valence-corrected chi connectivity index (χ0v) is 19.0. The van der Waals surface area contributed by atoms with Gasteiger partial charge in [-0.3, -0.25) is 9.59 Å². The van der Waals surface area contributed by atoms with Crippen molar-refractivity contribution in [3.8, 4) is 0 Å². The van der Waals surface area contributed by atoms with Crippen molar-refractivity contribution in [3.63, 3.8) is 0 Å². The summed E-state index contributed by atoms with van der Waals surface area (Å²) in [5.41, 5.74) is 0. The first-order valence-corrected chi connectivity index (χ1v) is 12.5. The number of hydrogen-bond donors (Lipinski definition) is 3. The predicted octanol–water partition coefficient (Wildman–Crippen LogP) is -0.328. The highest BCUT2D eigenvalue weighted by Gasteiger charge is 2.38. The minimum absolute atomic E-state index is 0.137. The Bertz CT molecular complexity index is 719. The minimum atomic E-state index is -3.53. The van der Waals surface area contributed by atoms with Crippen LogP contribution in [0.2, 0.25) is 0 Å². The van der Waals surface area contributed by atoms with Gasteiger partial charge in [-0.2, -0.15) is 5.10 Å². The summed E-state index contributed by atoms with van der Waals surface area (Å²) in [4.78, 5) is 29.5. The van der Waals surface area contributed by atoms with Crippen LogP contribution in [0, 0.1) is 11.8 Å². The maximum absolute atomic E-state index is 13.1. The Morgan fingerprint density at radius 1 is 1.20 bits per heavy atom. The third-order valence-corrected chi connectivity index (χ3v) is 6.36. The maximum atomic E-state index is 13.1. The van der Waals surface area contributed by atoms with E-state index in [1.807, 2.05) is 13.8 Å². The molecule has 0 aromatic heterocycles. The summed E-state index contributed by atoms with van der Waals surface area (Å²) in [6, 6.07) is -1.39. The van der Waals surface area contributed by atoms with Crippen LogP contribution in [0.5, 0.6) is 0 Å². The van der Waals surface area contributed by atoms with Gasteiger partial charge in [-0.25, -0.2) is 13.1 Å². The molecule has 0 bridgehead atoms. The number of amides is 2. The number of nitrogens with one attached hydrogen (secondary N) is 2. The second-order valence-corrected chi connectivity index (χ2v) is 10.5. The van der Waals surface area contributed by atoms with Gasteiger partial charge in [0, 0.05) is 26.2 Å². The number of carbonyl (C=O) groups is 2. The highest BCUT2D eigenvalue weighted by atomic mass is 32.2. The zero-order valence-electron chi connectivity index (χ0n) is 18.2. The Morgan fingerprint density at radius 2 is 1.87 bits per heavy atom. The molecule has 2 heterocycles. The molecule has 2 rings (SSSR count). The Balaban J connectivity index is 1.93. The van der Waals surface area contributed by atoms with Crippen molar-refractivity contribution in [2.45, 2.75) is 58.0 Å². The normalized spacial score (nSPS) is 22.1. The lowest BCUT2D eigenvalue weighted by molar-refractivity contribution is -0.140. The van der Waals surface area contributed by atoms with Gasteiger partial charge < -0.3 is 21.0 Å². The van der Waals surface area contributed by atoms with Crippen molar-refractivity contribution in [2.75, 3.05) is 32.4 Å². The third kappa shape index (κ3) is 7.42. The van der Waals surface area contributed by atoms with Gasteiger partial charge in [-0.15, -0.1) is 0 Å². The molecule has 0 spiro atoms. The molecule has 0 aliphatic carbocycles. The molecule has 172 valence electrons. The lowest BCUT2D eigenvalue weighted by atomic mass is 9.97. The molecule has 2 amide bonds. The highest BCUT2D eigenvalue weighted by molar-refractivity contribution is 7.88. The van der Waals surface area contributed by atoms with E-state index in [0.29, 0.717) is 31.8 Å². The predicted molar refractivity (Wildman–Crippen MR) is 116 cm³/mol. The van der Waals surface area contributed by atoms with Crippen molar-refractivity contribution in [3.05, 3.63) is 0 Å². The summed E-state index contributed by atoms with van der Waals surface area (Å²) in [5.74, 6) is 5.22. The van der Waals surface area contributed by atoms with Gasteiger partial charge in [0.2, 0.25) is 21.8 Å². The molecule has 2 aliphatic heterocycles. The average Bonchev–Trinajstić information content (AvgIpc) is 3.14. The molecule has 30 heavy (non-hydrogen) atoms. The number of nitrogens with zero attached hydrogens (tertiary/aromatic N) is 3. The van der Waals surface area contributed by atoms with E-state index in [1.54, 1.807) is 11.2 Å².